The Morgan fingerprint density at radius 1 is 1.62 bits per heavy atom. The van der Waals surface area contributed by atoms with Gasteiger partial charge in [0.15, 0.2) is 0 Å². The van der Waals surface area contributed by atoms with Gasteiger partial charge in [-0.3, -0.25) is 0 Å². The van der Waals surface area contributed by atoms with Crippen LogP contribution in [0.15, 0.2) is 29.2 Å². The van der Waals surface area contributed by atoms with Gasteiger partial charge in [0.25, 0.3) is 0 Å². The molecule has 1 aromatic heterocycles. The summed E-state index contributed by atoms with van der Waals surface area (Å²) in [5.41, 5.74) is 0. The van der Waals surface area contributed by atoms with E-state index in [2.05, 4.69) is 11.9 Å². The van der Waals surface area contributed by atoms with Crippen LogP contribution in [0.3, 0.4) is 0 Å². The lowest BCUT2D eigenvalue weighted by Crippen LogP contribution is -2.22. The molecule has 0 radical (unpaired) electrons. The van der Waals surface area contributed by atoms with Crippen molar-refractivity contribution in [3.8, 4) is 0 Å². The standard InChI is InChI=1S/C10H15NO2/c1-3-8(2)11-6-9-4-5-10(7-12)13-9/h3-5,8,11-12H,1,6-7H2,2H3. The largest absolute Gasteiger partial charge is 0.462 e. The van der Waals surface area contributed by atoms with Gasteiger partial charge in [-0.25, -0.2) is 0 Å². The second-order valence-electron chi connectivity index (χ2n) is 2.93. The number of rotatable bonds is 5. The van der Waals surface area contributed by atoms with Crippen molar-refractivity contribution in [2.24, 2.45) is 0 Å². The van der Waals surface area contributed by atoms with E-state index in [1.807, 2.05) is 19.1 Å². The third kappa shape index (κ3) is 3.05. The minimum absolute atomic E-state index is 0.0446. The van der Waals surface area contributed by atoms with Gasteiger partial charge in [-0.2, -0.15) is 0 Å². The fourth-order valence-electron chi connectivity index (χ4n) is 0.947. The zero-order valence-corrected chi connectivity index (χ0v) is 7.79. The molecule has 1 heterocycles. The highest BCUT2D eigenvalue weighted by Gasteiger charge is 2.01. The second-order valence-corrected chi connectivity index (χ2v) is 2.93. The molecule has 0 aliphatic heterocycles. The molecule has 3 nitrogen and oxygen atoms in total. The predicted molar refractivity (Wildman–Crippen MR) is 51.1 cm³/mol. The van der Waals surface area contributed by atoms with Gasteiger partial charge in [0.1, 0.15) is 18.1 Å². The molecule has 2 N–H and O–H groups in total. The molecule has 0 saturated heterocycles. The van der Waals surface area contributed by atoms with Crippen molar-refractivity contribution in [1.29, 1.82) is 0 Å². The molecule has 0 fully saturated rings. The average molecular weight is 181 g/mol. The van der Waals surface area contributed by atoms with Crippen LogP contribution in [0.4, 0.5) is 0 Å². The molecule has 3 heteroatoms. The van der Waals surface area contributed by atoms with Gasteiger partial charge in [0, 0.05) is 6.04 Å². The lowest BCUT2D eigenvalue weighted by molar-refractivity contribution is 0.242. The first-order chi connectivity index (χ1) is 6.26. The van der Waals surface area contributed by atoms with Crippen molar-refractivity contribution in [3.63, 3.8) is 0 Å². The Labute approximate surface area is 78.1 Å². The van der Waals surface area contributed by atoms with E-state index in [-0.39, 0.29) is 12.6 Å². The van der Waals surface area contributed by atoms with E-state index in [0.717, 1.165) is 5.76 Å². The van der Waals surface area contributed by atoms with Gasteiger partial charge in [-0.1, -0.05) is 6.08 Å². The van der Waals surface area contributed by atoms with Crippen molar-refractivity contribution in [2.45, 2.75) is 26.1 Å². The topological polar surface area (TPSA) is 45.4 Å². The van der Waals surface area contributed by atoms with E-state index < -0.39 is 0 Å². The zero-order chi connectivity index (χ0) is 9.68. The molecule has 0 saturated carbocycles. The van der Waals surface area contributed by atoms with Crippen LogP contribution in [-0.2, 0) is 13.2 Å². The fourth-order valence-corrected chi connectivity index (χ4v) is 0.947. The maximum Gasteiger partial charge on any atom is 0.129 e. The van der Waals surface area contributed by atoms with Crippen LogP contribution in [0, 0.1) is 0 Å². The van der Waals surface area contributed by atoms with Crippen LogP contribution < -0.4 is 5.32 Å². The molecule has 0 bridgehead atoms. The summed E-state index contributed by atoms with van der Waals surface area (Å²) in [5.74, 6) is 1.43. The highest BCUT2D eigenvalue weighted by molar-refractivity contribution is 5.06. The highest BCUT2D eigenvalue weighted by Crippen LogP contribution is 2.07. The van der Waals surface area contributed by atoms with Crippen molar-refractivity contribution < 1.29 is 9.52 Å². The molecule has 1 rings (SSSR count). The van der Waals surface area contributed by atoms with Crippen LogP contribution in [0.2, 0.25) is 0 Å². The maximum absolute atomic E-state index is 8.74. The number of nitrogens with one attached hydrogen (secondary N) is 1. The minimum Gasteiger partial charge on any atom is -0.462 e. The highest BCUT2D eigenvalue weighted by atomic mass is 16.4. The first-order valence-electron chi connectivity index (χ1n) is 4.30. The summed E-state index contributed by atoms with van der Waals surface area (Å²) in [4.78, 5) is 0. The van der Waals surface area contributed by atoms with E-state index in [1.54, 1.807) is 6.07 Å². The number of furan rings is 1. The molecule has 1 aromatic rings. The summed E-state index contributed by atoms with van der Waals surface area (Å²) in [5, 5.41) is 11.9. The summed E-state index contributed by atoms with van der Waals surface area (Å²) in [6.45, 7) is 6.29. The lowest BCUT2D eigenvalue weighted by Gasteiger charge is -2.06. The first kappa shape index (κ1) is 10.0. The first-order valence-corrected chi connectivity index (χ1v) is 4.30. The second kappa shape index (κ2) is 4.84. The van der Waals surface area contributed by atoms with Gasteiger partial charge in [0.05, 0.1) is 6.54 Å². The Hall–Kier alpha value is -1.06. The van der Waals surface area contributed by atoms with Gasteiger partial charge >= 0.3 is 0 Å². The quantitative estimate of drug-likeness (QED) is 0.675. The van der Waals surface area contributed by atoms with Crippen molar-refractivity contribution in [3.05, 3.63) is 36.3 Å². The van der Waals surface area contributed by atoms with Crippen LogP contribution >= 0.6 is 0 Å². The Bertz CT molecular complexity index is 268. The zero-order valence-electron chi connectivity index (χ0n) is 7.79. The number of aliphatic hydroxyl groups is 1. The van der Waals surface area contributed by atoms with Crippen LogP contribution in [-0.4, -0.2) is 11.1 Å². The van der Waals surface area contributed by atoms with E-state index in [0.29, 0.717) is 12.3 Å². The SMILES string of the molecule is C=CC(C)NCc1ccc(CO)o1. The third-order valence-electron chi connectivity index (χ3n) is 1.82. The van der Waals surface area contributed by atoms with Crippen molar-refractivity contribution >= 4 is 0 Å². The van der Waals surface area contributed by atoms with Crippen molar-refractivity contribution in [1.82, 2.24) is 5.32 Å². The minimum atomic E-state index is -0.0446. The molecular formula is C10H15NO2. The van der Waals surface area contributed by atoms with Gasteiger partial charge in [0.2, 0.25) is 0 Å². The fraction of sp³-hybridized carbons (Fsp3) is 0.400. The average Bonchev–Trinajstić information content (AvgIpc) is 2.61. The lowest BCUT2D eigenvalue weighted by atomic mass is 10.3. The molecular weight excluding hydrogens is 166 g/mol. The van der Waals surface area contributed by atoms with E-state index >= 15 is 0 Å². The monoisotopic (exact) mass is 181 g/mol. The smallest absolute Gasteiger partial charge is 0.129 e. The molecule has 0 spiro atoms. The summed E-state index contributed by atoms with van der Waals surface area (Å²) in [6.07, 6.45) is 1.83. The molecule has 13 heavy (non-hydrogen) atoms. The predicted octanol–water partition coefficient (Wildman–Crippen LogP) is 1.44. The number of hydrogen-bond donors (Lipinski definition) is 2. The Balaban J connectivity index is 2.40. The molecule has 0 amide bonds. The summed E-state index contributed by atoms with van der Waals surface area (Å²) < 4.78 is 5.28. The van der Waals surface area contributed by atoms with E-state index in [1.165, 1.54) is 0 Å². The Morgan fingerprint density at radius 2 is 2.31 bits per heavy atom. The summed E-state index contributed by atoms with van der Waals surface area (Å²) in [6, 6.07) is 3.90. The third-order valence-corrected chi connectivity index (χ3v) is 1.82. The molecule has 0 aromatic carbocycles. The summed E-state index contributed by atoms with van der Waals surface area (Å²) >= 11 is 0. The molecule has 1 atom stereocenters. The normalized spacial score (nSPS) is 12.8. The van der Waals surface area contributed by atoms with Crippen molar-refractivity contribution in [2.75, 3.05) is 0 Å². The van der Waals surface area contributed by atoms with E-state index in [9.17, 15) is 0 Å². The van der Waals surface area contributed by atoms with Gasteiger partial charge in [-0.05, 0) is 19.1 Å². The molecule has 1 unspecified atom stereocenters. The molecule has 0 aliphatic carbocycles. The molecule has 72 valence electrons. The Morgan fingerprint density at radius 3 is 2.85 bits per heavy atom. The summed E-state index contributed by atoms with van der Waals surface area (Å²) in [7, 11) is 0. The van der Waals surface area contributed by atoms with Gasteiger partial charge < -0.3 is 14.8 Å². The van der Waals surface area contributed by atoms with Crippen LogP contribution in [0.5, 0.6) is 0 Å². The number of hydrogen-bond acceptors (Lipinski definition) is 3. The van der Waals surface area contributed by atoms with E-state index in [4.69, 9.17) is 9.52 Å². The van der Waals surface area contributed by atoms with Gasteiger partial charge in [-0.15, -0.1) is 6.58 Å². The maximum atomic E-state index is 8.74. The molecule has 0 aliphatic rings. The number of aliphatic hydroxyl groups excluding tert-OH is 1. The van der Waals surface area contributed by atoms with Crippen LogP contribution in [0.1, 0.15) is 18.4 Å². The Kier molecular flexibility index (Phi) is 3.73. The van der Waals surface area contributed by atoms with Crippen LogP contribution in [0.25, 0.3) is 0 Å².